The molecule has 2 rings (SSSR count). The number of nitrogens with zero attached hydrogens (tertiary/aromatic N) is 3. The molecule has 68 valence electrons. The van der Waals surface area contributed by atoms with Gasteiger partial charge in [-0.15, -0.1) is 0 Å². The zero-order chi connectivity index (χ0) is 9.42. The zero-order valence-corrected chi connectivity index (χ0v) is 8.44. The molecule has 2 heterocycles. The molecule has 0 aromatic carbocycles. The lowest BCUT2D eigenvalue weighted by Crippen LogP contribution is -1.99. The van der Waals surface area contributed by atoms with Crippen LogP contribution >= 0.6 is 22.6 Å². The van der Waals surface area contributed by atoms with Crippen LogP contribution in [-0.4, -0.2) is 14.6 Å². The molecule has 0 aliphatic heterocycles. The van der Waals surface area contributed by atoms with E-state index in [1.165, 1.54) is 16.6 Å². The Kier molecular flexibility index (Phi) is 2.14. The Hall–Kier alpha value is -0.790. The normalized spacial score (nSPS) is 11.4. The highest BCUT2D eigenvalue weighted by atomic mass is 127. The molecule has 0 aliphatic rings. The topological polar surface area (TPSA) is 30.2 Å². The van der Waals surface area contributed by atoms with Gasteiger partial charge in [0.25, 0.3) is 6.43 Å². The Morgan fingerprint density at radius 2 is 2.15 bits per heavy atom. The maximum Gasteiger partial charge on any atom is 0.282 e. The van der Waals surface area contributed by atoms with E-state index in [2.05, 4.69) is 10.1 Å². The smallest absolute Gasteiger partial charge is 0.234 e. The molecular formula is C7H4F2IN3. The third-order valence-electron chi connectivity index (χ3n) is 1.56. The molecule has 2 aromatic heterocycles. The van der Waals surface area contributed by atoms with Crippen molar-refractivity contribution in [3.05, 3.63) is 27.7 Å². The lowest BCUT2D eigenvalue weighted by atomic mass is 10.4. The summed E-state index contributed by atoms with van der Waals surface area (Å²) >= 11 is 1.99. The van der Waals surface area contributed by atoms with E-state index < -0.39 is 6.43 Å². The van der Waals surface area contributed by atoms with E-state index in [0.29, 0.717) is 5.65 Å². The molecule has 0 amide bonds. The zero-order valence-electron chi connectivity index (χ0n) is 6.28. The Morgan fingerprint density at radius 1 is 1.38 bits per heavy atom. The lowest BCUT2D eigenvalue weighted by Gasteiger charge is -1.99. The van der Waals surface area contributed by atoms with Crippen molar-refractivity contribution in [2.75, 3.05) is 0 Å². The van der Waals surface area contributed by atoms with Gasteiger partial charge in [-0.3, -0.25) is 0 Å². The Morgan fingerprint density at radius 3 is 2.85 bits per heavy atom. The van der Waals surface area contributed by atoms with E-state index in [1.807, 2.05) is 22.6 Å². The van der Waals surface area contributed by atoms with E-state index in [4.69, 9.17) is 0 Å². The first kappa shape index (κ1) is 8.79. The maximum absolute atomic E-state index is 12.2. The number of hydrogen-bond acceptors (Lipinski definition) is 2. The van der Waals surface area contributed by atoms with Crippen molar-refractivity contribution in [1.29, 1.82) is 0 Å². The van der Waals surface area contributed by atoms with Crippen LogP contribution in [0, 0.1) is 3.70 Å². The average Bonchev–Trinajstić information content (AvgIpc) is 2.47. The maximum atomic E-state index is 12.2. The van der Waals surface area contributed by atoms with Gasteiger partial charge < -0.3 is 0 Å². The van der Waals surface area contributed by atoms with Crippen molar-refractivity contribution in [3.8, 4) is 0 Å². The third kappa shape index (κ3) is 1.50. The molecule has 2 aromatic rings. The summed E-state index contributed by atoms with van der Waals surface area (Å²) in [6, 6.07) is 2.81. The van der Waals surface area contributed by atoms with Gasteiger partial charge in [-0.05, 0) is 34.7 Å². The summed E-state index contributed by atoms with van der Waals surface area (Å²) in [4.78, 5) is 3.97. The third-order valence-corrected chi connectivity index (χ3v) is 2.30. The first-order valence-electron chi connectivity index (χ1n) is 3.47. The van der Waals surface area contributed by atoms with Crippen LogP contribution in [0.4, 0.5) is 8.78 Å². The number of halogens is 3. The van der Waals surface area contributed by atoms with Gasteiger partial charge in [0.15, 0.2) is 5.65 Å². The van der Waals surface area contributed by atoms with Crippen LogP contribution in [0.25, 0.3) is 5.65 Å². The Labute approximate surface area is 85.9 Å². The number of alkyl halides is 2. The standard InChI is InChI=1S/C7H4F2IN3/c8-7(9)4-1-2-6-11-3-5(10)13(6)12-4/h1-3,7H. The molecule has 0 bridgehead atoms. The van der Waals surface area contributed by atoms with E-state index in [-0.39, 0.29) is 5.69 Å². The highest BCUT2D eigenvalue weighted by molar-refractivity contribution is 14.1. The summed E-state index contributed by atoms with van der Waals surface area (Å²) < 4.78 is 26.6. The molecule has 0 radical (unpaired) electrons. The van der Waals surface area contributed by atoms with Crippen molar-refractivity contribution in [2.45, 2.75) is 6.43 Å². The molecule has 0 unspecified atom stereocenters. The summed E-state index contributed by atoms with van der Waals surface area (Å²) in [6.07, 6.45) is -0.958. The fourth-order valence-corrected chi connectivity index (χ4v) is 1.47. The van der Waals surface area contributed by atoms with Gasteiger partial charge >= 0.3 is 0 Å². The fourth-order valence-electron chi connectivity index (χ4n) is 0.976. The van der Waals surface area contributed by atoms with Crippen LogP contribution in [0.5, 0.6) is 0 Å². The van der Waals surface area contributed by atoms with E-state index in [9.17, 15) is 8.78 Å². The van der Waals surface area contributed by atoms with Crippen LogP contribution in [0.2, 0.25) is 0 Å². The second kappa shape index (κ2) is 3.17. The first-order valence-corrected chi connectivity index (χ1v) is 4.54. The SMILES string of the molecule is FC(F)c1ccc2ncc(I)n2n1. The molecule has 3 nitrogen and oxygen atoms in total. The van der Waals surface area contributed by atoms with Crippen LogP contribution in [-0.2, 0) is 0 Å². The molecule has 0 atom stereocenters. The number of rotatable bonds is 1. The van der Waals surface area contributed by atoms with Gasteiger partial charge in [0, 0.05) is 0 Å². The van der Waals surface area contributed by atoms with Crippen LogP contribution < -0.4 is 0 Å². The number of fused-ring (bicyclic) bond motifs is 1. The van der Waals surface area contributed by atoms with Gasteiger partial charge in [0.05, 0.1) is 6.20 Å². The summed E-state index contributed by atoms with van der Waals surface area (Å²) in [6.45, 7) is 0. The van der Waals surface area contributed by atoms with Crippen molar-refractivity contribution >= 4 is 28.2 Å². The Balaban J connectivity index is 2.66. The number of aromatic nitrogens is 3. The van der Waals surface area contributed by atoms with Gasteiger partial charge in [0.2, 0.25) is 0 Å². The van der Waals surface area contributed by atoms with Crippen molar-refractivity contribution in [2.24, 2.45) is 0 Å². The Bertz CT molecular complexity index is 440. The van der Waals surface area contributed by atoms with E-state index in [1.54, 1.807) is 6.20 Å². The molecule has 0 saturated heterocycles. The minimum Gasteiger partial charge on any atom is -0.234 e. The molecule has 6 heteroatoms. The van der Waals surface area contributed by atoms with Gasteiger partial charge in [0.1, 0.15) is 9.39 Å². The molecule has 0 aliphatic carbocycles. The minimum atomic E-state index is -2.54. The van der Waals surface area contributed by atoms with Crippen molar-refractivity contribution in [3.63, 3.8) is 0 Å². The van der Waals surface area contributed by atoms with Crippen LogP contribution in [0.1, 0.15) is 12.1 Å². The van der Waals surface area contributed by atoms with Gasteiger partial charge in [-0.25, -0.2) is 18.3 Å². The molecule has 0 saturated carbocycles. The summed E-state index contributed by atoms with van der Waals surface area (Å²) in [5, 5.41) is 3.73. The summed E-state index contributed by atoms with van der Waals surface area (Å²) in [7, 11) is 0. The fraction of sp³-hybridized carbons (Fsp3) is 0.143. The second-order valence-electron chi connectivity index (χ2n) is 2.41. The molecule has 0 fully saturated rings. The lowest BCUT2D eigenvalue weighted by molar-refractivity contribution is 0.144. The average molecular weight is 295 g/mol. The largest absolute Gasteiger partial charge is 0.282 e. The van der Waals surface area contributed by atoms with E-state index >= 15 is 0 Å². The van der Waals surface area contributed by atoms with Gasteiger partial charge in [-0.1, -0.05) is 0 Å². The molecular weight excluding hydrogens is 291 g/mol. The van der Waals surface area contributed by atoms with Crippen molar-refractivity contribution < 1.29 is 8.78 Å². The van der Waals surface area contributed by atoms with E-state index in [0.717, 1.165) is 3.70 Å². The first-order chi connectivity index (χ1) is 6.18. The van der Waals surface area contributed by atoms with Crippen LogP contribution in [0.15, 0.2) is 18.3 Å². The predicted octanol–water partition coefficient (Wildman–Crippen LogP) is 2.27. The minimum absolute atomic E-state index is 0.233. The van der Waals surface area contributed by atoms with Crippen molar-refractivity contribution in [1.82, 2.24) is 14.6 Å². The highest BCUT2D eigenvalue weighted by Gasteiger charge is 2.10. The predicted molar refractivity (Wildman–Crippen MR) is 50.7 cm³/mol. The number of hydrogen-bond donors (Lipinski definition) is 0. The monoisotopic (exact) mass is 295 g/mol. The van der Waals surface area contributed by atoms with Crippen LogP contribution in [0.3, 0.4) is 0 Å². The van der Waals surface area contributed by atoms with Gasteiger partial charge in [-0.2, -0.15) is 5.10 Å². The quantitative estimate of drug-likeness (QED) is 0.756. The second-order valence-corrected chi connectivity index (χ2v) is 3.52. The molecule has 0 N–H and O–H groups in total. The summed E-state index contributed by atoms with van der Waals surface area (Å²) in [5.41, 5.74) is 0.345. The number of imidazole rings is 1. The summed E-state index contributed by atoms with van der Waals surface area (Å²) in [5.74, 6) is 0. The molecule has 13 heavy (non-hydrogen) atoms. The highest BCUT2D eigenvalue weighted by Crippen LogP contribution is 2.17. The molecule has 0 spiro atoms.